The van der Waals surface area contributed by atoms with Gasteiger partial charge in [0, 0.05) is 32.3 Å². The van der Waals surface area contributed by atoms with Gasteiger partial charge in [0.2, 0.25) is 0 Å². The number of nitrogens with two attached hydrogens (primary N) is 2. The normalized spacial score (nSPS) is 8.95. The summed E-state index contributed by atoms with van der Waals surface area (Å²) in [5, 5.41) is 16.4. The average molecular weight is 328 g/mol. The molecule has 0 saturated heterocycles. The van der Waals surface area contributed by atoms with Crippen LogP contribution in [0, 0.1) is 0 Å². The summed E-state index contributed by atoms with van der Waals surface area (Å²) in [5.74, 6) is -1.43. The van der Waals surface area contributed by atoms with Crippen LogP contribution in [0.15, 0.2) is 0 Å². The molecule has 0 rings (SSSR count). The van der Waals surface area contributed by atoms with Crippen LogP contribution in [0.2, 0.25) is 0 Å². The molecule has 0 aliphatic rings. The molecule has 7 heteroatoms. The first-order valence-corrected chi connectivity index (χ1v) is 6.38. The Bertz CT molecular complexity index is 194. The summed E-state index contributed by atoms with van der Waals surface area (Å²) in [6.45, 7) is 1.33. The Kier molecular flexibility index (Phi) is 24.6. The maximum absolute atomic E-state index is 9.93. The van der Waals surface area contributed by atoms with E-state index in [4.69, 9.17) is 21.7 Å². The van der Waals surface area contributed by atoms with Gasteiger partial charge in [-0.05, 0) is 38.8 Å². The first kappa shape index (κ1) is 23.6. The molecule has 110 valence electrons. The molecular weight excluding hydrogens is 302 g/mol. The molecule has 0 radical (unpaired) electrons. The molecule has 19 heavy (non-hydrogen) atoms. The monoisotopic (exact) mass is 326 g/mol. The van der Waals surface area contributed by atoms with Crippen molar-refractivity contribution in [1.82, 2.24) is 0 Å². The summed E-state index contributed by atoms with van der Waals surface area (Å²) < 4.78 is 0. The number of carboxylic acids is 2. The number of carboxylic acid groups (broad SMARTS) is 2. The first-order chi connectivity index (χ1) is 8.54. The fourth-order valence-corrected chi connectivity index (χ4v) is 1.19. The second-order valence-electron chi connectivity index (χ2n) is 3.99. The molecule has 0 spiro atoms. The van der Waals surface area contributed by atoms with Crippen LogP contribution in [-0.4, -0.2) is 35.2 Å². The predicted octanol–water partition coefficient (Wildman–Crippen LogP) is 1.18. The van der Waals surface area contributed by atoms with Gasteiger partial charge < -0.3 is 21.7 Å². The van der Waals surface area contributed by atoms with Crippen molar-refractivity contribution >= 4 is 11.9 Å². The molecule has 0 saturated carbocycles. The molecule has 0 heterocycles. The van der Waals surface area contributed by atoms with Crippen LogP contribution in [0.5, 0.6) is 0 Å². The smallest absolute Gasteiger partial charge is 0.303 e. The van der Waals surface area contributed by atoms with E-state index < -0.39 is 11.9 Å². The van der Waals surface area contributed by atoms with Crippen molar-refractivity contribution in [2.75, 3.05) is 13.1 Å². The molecule has 0 unspecified atom stereocenters. The van der Waals surface area contributed by atoms with E-state index in [0.717, 1.165) is 38.5 Å². The molecule has 0 aromatic carbocycles. The summed E-state index contributed by atoms with van der Waals surface area (Å²) in [4.78, 5) is 19.9. The Balaban J connectivity index is -0.000000256. The number of hydrogen-bond acceptors (Lipinski definition) is 4. The van der Waals surface area contributed by atoms with E-state index >= 15 is 0 Å². The van der Waals surface area contributed by atoms with E-state index in [9.17, 15) is 9.59 Å². The van der Waals surface area contributed by atoms with Gasteiger partial charge in [0.1, 0.15) is 0 Å². The fourth-order valence-electron chi connectivity index (χ4n) is 1.19. The largest absolute Gasteiger partial charge is 0.481 e. The standard InChI is InChI=1S/2C6H13NO2.Zn/c2*7-5-3-1-2-4-6(8)9;/h2*1-5,7H2,(H,8,9);. The van der Waals surface area contributed by atoms with Crippen LogP contribution in [0.25, 0.3) is 0 Å². The molecule has 6 nitrogen and oxygen atoms in total. The van der Waals surface area contributed by atoms with Crippen LogP contribution < -0.4 is 11.5 Å². The minimum atomic E-state index is -0.716. The Morgan fingerprint density at radius 3 is 1.21 bits per heavy atom. The van der Waals surface area contributed by atoms with Gasteiger partial charge in [-0.2, -0.15) is 0 Å². The Morgan fingerprint density at radius 1 is 0.684 bits per heavy atom. The van der Waals surface area contributed by atoms with Crippen LogP contribution in [0.3, 0.4) is 0 Å². The average Bonchev–Trinajstić information content (AvgIpc) is 2.31. The Hall–Kier alpha value is -0.517. The predicted molar refractivity (Wildman–Crippen MR) is 70.3 cm³/mol. The zero-order valence-electron chi connectivity index (χ0n) is 11.6. The molecule has 0 aliphatic carbocycles. The minimum Gasteiger partial charge on any atom is -0.481 e. The van der Waals surface area contributed by atoms with E-state index in [1.54, 1.807) is 0 Å². The molecule has 0 aliphatic heterocycles. The first-order valence-electron chi connectivity index (χ1n) is 6.38. The van der Waals surface area contributed by atoms with Crippen molar-refractivity contribution < 1.29 is 39.3 Å². The quantitative estimate of drug-likeness (QED) is 0.352. The van der Waals surface area contributed by atoms with Gasteiger partial charge in [-0.25, -0.2) is 0 Å². The maximum Gasteiger partial charge on any atom is 0.303 e. The minimum absolute atomic E-state index is 0. The molecule has 0 fully saturated rings. The molecule has 0 atom stereocenters. The number of hydrogen-bond donors (Lipinski definition) is 4. The second-order valence-corrected chi connectivity index (χ2v) is 3.99. The van der Waals surface area contributed by atoms with Gasteiger partial charge >= 0.3 is 11.9 Å². The van der Waals surface area contributed by atoms with E-state index in [-0.39, 0.29) is 32.3 Å². The van der Waals surface area contributed by atoms with Gasteiger partial charge in [-0.15, -0.1) is 0 Å². The molecule has 0 aromatic rings. The second kappa shape index (κ2) is 19.8. The van der Waals surface area contributed by atoms with E-state index in [2.05, 4.69) is 0 Å². The van der Waals surface area contributed by atoms with Crippen LogP contribution >= 0.6 is 0 Å². The summed E-state index contributed by atoms with van der Waals surface area (Å²) in [6.07, 6.45) is 5.81. The van der Waals surface area contributed by atoms with Crippen LogP contribution in [0.4, 0.5) is 0 Å². The van der Waals surface area contributed by atoms with Crippen molar-refractivity contribution in [2.24, 2.45) is 11.5 Å². The summed E-state index contributed by atoms with van der Waals surface area (Å²) >= 11 is 0. The van der Waals surface area contributed by atoms with E-state index in [1.165, 1.54) is 0 Å². The topological polar surface area (TPSA) is 127 Å². The zero-order valence-corrected chi connectivity index (χ0v) is 14.6. The van der Waals surface area contributed by atoms with E-state index in [0.29, 0.717) is 13.1 Å². The van der Waals surface area contributed by atoms with Crippen molar-refractivity contribution in [3.63, 3.8) is 0 Å². The maximum atomic E-state index is 9.93. The van der Waals surface area contributed by atoms with Gasteiger partial charge in [-0.1, -0.05) is 12.8 Å². The van der Waals surface area contributed by atoms with Crippen molar-refractivity contribution in [2.45, 2.75) is 51.4 Å². The molecular formula is C12H26N2O4Zn. The Labute approximate surface area is 127 Å². The van der Waals surface area contributed by atoms with Gasteiger partial charge in [0.15, 0.2) is 0 Å². The number of aliphatic carboxylic acids is 2. The Morgan fingerprint density at radius 2 is 1.00 bits per heavy atom. The van der Waals surface area contributed by atoms with Crippen molar-refractivity contribution in [3.05, 3.63) is 0 Å². The fraction of sp³-hybridized carbons (Fsp3) is 0.833. The molecule has 0 aromatic heterocycles. The third-order valence-corrected chi connectivity index (χ3v) is 2.19. The SMILES string of the molecule is NCCCCCC(=O)O.NCCCCCC(=O)O.[Zn]. The number of unbranched alkanes of at least 4 members (excludes halogenated alkanes) is 4. The number of carbonyl (C=O) groups is 2. The number of rotatable bonds is 10. The summed E-state index contributed by atoms with van der Waals surface area (Å²) in [5.41, 5.74) is 10.4. The van der Waals surface area contributed by atoms with Crippen molar-refractivity contribution in [3.8, 4) is 0 Å². The molecule has 0 amide bonds. The summed E-state index contributed by atoms with van der Waals surface area (Å²) in [6, 6.07) is 0. The van der Waals surface area contributed by atoms with Crippen molar-refractivity contribution in [1.29, 1.82) is 0 Å². The molecule has 0 bridgehead atoms. The third kappa shape index (κ3) is 31.8. The van der Waals surface area contributed by atoms with Gasteiger partial charge in [0.25, 0.3) is 0 Å². The zero-order chi connectivity index (χ0) is 14.2. The van der Waals surface area contributed by atoms with Gasteiger partial charge in [-0.3, -0.25) is 9.59 Å². The van der Waals surface area contributed by atoms with Gasteiger partial charge in [0.05, 0.1) is 0 Å². The van der Waals surface area contributed by atoms with Crippen LogP contribution in [-0.2, 0) is 29.1 Å². The van der Waals surface area contributed by atoms with Crippen LogP contribution in [0.1, 0.15) is 51.4 Å². The third-order valence-electron chi connectivity index (χ3n) is 2.19. The molecule has 6 N–H and O–H groups in total. The summed E-state index contributed by atoms with van der Waals surface area (Å²) in [7, 11) is 0. The van der Waals surface area contributed by atoms with E-state index in [1.807, 2.05) is 0 Å².